The average Bonchev–Trinajstić information content (AvgIpc) is 3.55. The molecule has 8 aliphatic rings. The van der Waals surface area contributed by atoms with E-state index in [9.17, 15) is 0 Å². The van der Waals surface area contributed by atoms with Gasteiger partial charge in [-0.1, -0.05) is 0 Å². The first-order chi connectivity index (χ1) is 20.1. The van der Waals surface area contributed by atoms with Gasteiger partial charge in [-0.2, -0.15) is 0 Å². The minimum atomic E-state index is -2.33. The summed E-state index contributed by atoms with van der Waals surface area (Å²) >= 11 is -4.65. The van der Waals surface area contributed by atoms with E-state index in [1.54, 1.807) is 0 Å². The standard InChI is InChI=1S/C12H20O3.2C10H17NO.2Ga/c13-9-1-5-11(6-2-9)15-12-7-3-10(14)4-8-12;2*1-7-5-6-8-3-2-4-9(12)10(8)11-7;;/h9-12H,1-8H2;2*7-10H,2-6H2,1H3;;/q3*-2;2*+3. The Bertz CT molecular complexity index is 831. The van der Waals surface area contributed by atoms with Crippen LogP contribution in [0.3, 0.4) is 0 Å². The molecular weight excluding hydrogens is 632 g/mol. The van der Waals surface area contributed by atoms with Crippen molar-refractivity contribution in [3.05, 3.63) is 0 Å². The van der Waals surface area contributed by atoms with Gasteiger partial charge in [-0.15, -0.1) is 0 Å². The molecule has 0 aromatic rings. The van der Waals surface area contributed by atoms with E-state index in [2.05, 4.69) is 21.1 Å². The van der Waals surface area contributed by atoms with Gasteiger partial charge >= 0.3 is 262 Å². The zero-order chi connectivity index (χ0) is 27.5. The quantitative estimate of drug-likeness (QED) is 0.331. The van der Waals surface area contributed by atoms with Crippen LogP contribution in [0.4, 0.5) is 0 Å². The fraction of sp³-hybridized carbons (Fsp3) is 1.00. The van der Waals surface area contributed by atoms with Gasteiger partial charge in [0.05, 0.1) is 0 Å². The number of ether oxygens (including phenoxy) is 1. The van der Waals surface area contributed by atoms with Crippen molar-refractivity contribution in [2.45, 2.75) is 190 Å². The van der Waals surface area contributed by atoms with Crippen LogP contribution in [0.5, 0.6) is 0 Å². The molecule has 7 nitrogen and oxygen atoms in total. The monoisotopic (exact) mass is 684 g/mol. The number of hydrogen-bond acceptors (Lipinski definition) is 7. The van der Waals surface area contributed by atoms with Gasteiger partial charge in [0.15, 0.2) is 0 Å². The summed E-state index contributed by atoms with van der Waals surface area (Å²) in [6.07, 6.45) is 25.4. The van der Waals surface area contributed by atoms with Crippen LogP contribution in [0.25, 0.3) is 0 Å². The van der Waals surface area contributed by atoms with Gasteiger partial charge in [0, 0.05) is 0 Å². The van der Waals surface area contributed by atoms with E-state index in [-0.39, 0.29) is 0 Å². The van der Waals surface area contributed by atoms with Crippen molar-refractivity contribution in [2.75, 3.05) is 0 Å². The first-order valence-corrected chi connectivity index (χ1v) is 24.0. The first-order valence-electron chi connectivity index (χ1n) is 17.9. The molecule has 41 heavy (non-hydrogen) atoms. The van der Waals surface area contributed by atoms with E-state index >= 15 is 0 Å². The second kappa shape index (κ2) is 12.7. The molecule has 0 bridgehead atoms. The SMILES string of the molecule is CC1CCC2CCCC3[O][Ga]([O]C4CCC(OC5CCC([O][Ga]6[O]C7CCCC8CCC(C)[N]6C87)CC5)CC4)[N]1C23. The average molecular weight is 686 g/mol. The summed E-state index contributed by atoms with van der Waals surface area (Å²) in [6.45, 7) is 4.87. The van der Waals surface area contributed by atoms with Crippen LogP contribution in [0.1, 0.15) is 129 Å². The van der Waals surface area contributed by atoms with Crippen LogP contribution >= 0.6 is 0 Å². The molecule has 0 N–H and O–H groups in total. The van der Waals surface area contributed by atoms with Crippen molar-refractivity contribution >= 4 is 34.4 Å². The predicted molar refractivity (Wildman–Crippen MR) is 160 cm³/mol. The van der Waals surface area contributed by atoms with Crippen LogP contribution in [0.2, 0.25) is 0 Å². The van der Waals surface area contributed by atoms with Crippen molar-refractivity contribution < 1.29 is 18.9 Å². The normalized spacial score (nSPS) is 48.7. The van der Waals surface area contributed by atoms with Crippen molar-refractivity contribution in [3.63, 3.8) is 0 Å². The van der Waals surface area contributed by atoms with Gasteiger partial charge in [-0.05, 0) is 0 Å². The summed E-state index contributed by atoms with van der Waals surface area (Å²) in [6, 6.07) is 2.70. The predicted octanol–water partition coefficient (Wildman–Crippen LogP) is 5.73. The van der Waals surface area contributed by atoms with Crippen LogP contribution in [-0.2, 0) is 18.9 Å². The molecule has 8 atom stereocenters. The Morgan fingerprint density at radius 3 is 1.34 bits per heavy atom. The molecule has 8 rings (SSSR count). The van der Waals surface area contributed by atoms with Crippen LogP contribution in [0, 0.1) is 11.8 Å². The third-order valence-electron chi connectivity index (χ3n) is 12.8. The number of nitrogens with zero attached hydrogens (tertiary/aromatic N) is 2. The molecule has 4 aliphatic carbocycles. The molecule has 4 saturated carbocycles. The van der Waals surface area contributed by atoms with E-state index in [0.717, 1.165) is 63.2 Å². The van der Waals surface area contributed by atoms with Gasteiger partial charge in [0.2, 0.25) is 0 Å². The summed E-state index contributed by atoms with van der Waals surface area (Å²) in [7, 11) is 0. The molecule has 0 aromatic carbocycles. The molecule has 8 unspecified atom stereocenters. The second-order valence-electron chi connectivity index (χ2n) is 15.3. The van der Waals surface area contributed by atoms with E-state index in [1.165, 1.54) is 64.2 Å². The molecule has 0 amide bonds. The topological polar surface area (TPSA) is 52.6 Å². The Kier molecular flexibility index (Phi) is 9.07. The summed E-state index contributed by atoms with van der Waals surface area (Å²) in [5.74, 6) is 1.74. The van der Waals surface area contributed by atoms with E-state index in [1.807, 2.05) is 0 Å². The Balaban J connectivity index is 0.779. The van der Waals surface area contributed by atoms with Gasteiger partial charge in [-0.3, -0.25) is 0 Å². The molecule has 4 saturated heterocycles. The summed E-state index contributed by atoms with van der Waals surface area (Å²) < 4.78 is 39.6. The van der Waals surface area contributed by atoms with Crippen molar-refractivity contribution in [1.29, 1.82) is 0 Å². The minimum absolute atomic E-state index is 0.398. The second-order valence-corrected chi connectivity index (χ2v) is 22.6. The molecule has 228 valence electrons. The molecular formula is C32H54Ga2N2O5. The molecule has 9 heteroatoms. The molecule has 8 fully saturated rings. The Morgan fingerprint density at radius 2 is 0.902 bits per heavy atom. The number of rotatable bonds is 6. The van der Waals surface area contributed by atoms with Gasteiger partial charge in [-0.25, -0.2) is 0 Å². The third-order valence-corrected chi connectivity index (χ3v) is 23.4. The zero-order valence-electron chi connectivity index (χ0n) is 25.7. The molecule has 0 aromatic heterocycles. The van der Waals surface area contributed by atoms with Crippen LogP contribution in [0.15, 0.2) is 0 Å². The fourth-order valence-corrected chi connectivity index (χ4v) is 22.4. The van der Waals surface area contributed by atoms with Crippen molar-refractivity contribution in [2.24, 2.45) is 11.8 Å². The summed E-state index contributed by atoms with van der Waals surface area (Å²) in [4.78, 5) is 0. The zero-order valence-corrected chi connectivity index (χ0v) is 30.6. The van der Waals surface area contributed by atoms with Crippen molar-refractivity contribution in [1.82, 2.24) is 7.21 Å². The molecule has 0 radical (unpaired) electrons. The fourth-order valence-electron chi connectivity index (χ4n) is 10.6. The Labute approximate surface area is 261 Å². The summed E-state index contributed by atoms with van der Waals surface area (Å²) in [5.41, 5.74) is 0. The van der Waals surface area contributed by atoms with Gasteiger partial charge in [0.1, 0.15) is 0 Å². The molecule has 0 spiro atoms. The maximum atomic E-state index is 6.90. The maximum absolute atomic E-state index is 6.90. The van der Waals surface area contributed by atoms with Gasteiger partial charge < -0.3 is 0 Å². The number of piperidine rings is 2. The molecule has 4 heterocycles. The van der Waals surface area contributed by atoms with Crippen molar-refractivity contribution in [3.8, 4) is 0 Å². The van der Waals surface area contributed by atoms with E-state index < -0.39 is 34.4 Å². The summed E-state index contributed by atoms with van der Waals surface area (Å²) in [5, 5.41) is 0. The third kappa shape index (κ3) is 5.88. The van der Waals surface area contributed by atoms with E-state index in [0.29, 0.717) is 60.8 Å². The van der Waals surface area contributed by atoms with Crippen LogP contribution in [-0.4, -0.2) is 102 Å². The molecule has 4 aliphatic heterocycles. The van der Waals surface area contributed by atoms with Crippen LogP contribution < -0.4 is 0 Å². The Hall–Kier alpha value is 0.993. The van der Waals surface area contributed by atoms with Gasteiger partial charge in [0.25, 0.3) is 0 Å². The van der Waals surface area contributed by atoms with E-state index in [4.69, 9.17) is 18.9 Å². The Morgan fingerprint density at radius 1 is 0.488 bits per heavy atom. The first kappa shape index (κ1) is 29.4. The number of hydrogen-bond donors (Lipinski definition) is 0.